The lowest BCUT2D eigenvalue weighted by Crippen LogP contribution is -2.04. The number of hydrogen-bond acceptors (Lipinski definition) is 4. The van der Waals surface area contributed by atoms with Gasteiger partial charge in [-0.15, -0.1) is 0 Å². The van der Waals surface area contributed by atoms with Crippen molar-refractivity contribution in [1.29, 1.82) is 0 Å². The van der Waals surface area contributed by atoms with Crippen molar-refractivity contribution < 1.29 is 14.3 Å². The van der Waals surface area contributed by atoms with Gasteiger partial charge in [-0.3, -0.25) is 0 Å². The highest BCUT2D eigenvalue weighted by atomic mass is 79.9. The summed E-state index contributed by atoms with van der Waals surface area (Å²) in [7, 11) is 0. The van der Waals surface area contributed by atoms with Gasteiger partial charge in [-0.2, -0.15) is 4.99 Å². The van der Waals surface area contributed by atoms with E-state index in [0.29, 0.717) is 26.8 Å². The molecule has 1 rings (SSSR count). The van der Waals surface area contributed by atoms with Gasteiger partial charge >= 0.3 is 5.97 Å². The first kappa shape index (κ1) is 13.1. The van der Waals surface area contributed by atoms with Crippen molar-refractivity contribution in [3.63, 3.8) is 0 Å². The number of rotatable bonds is 3. The summed E-state index contributed by atoms with van der Waals surface area (Å²) in [6.45, 7) is 2.04. The first-order chi connectivity index (χ1) is 7.60. The van der Waals surface area contributed by atoms with Crippen LogP contribution in [0, 0.1) is 0 Å². The number of hydrogen-bond donors (Lipinski definition) is 0. The van der Waals surface area contributed by atoms with Gasteiger partial charge < -0.3 is 4.74 Å². The second kappa shape index (κ2) is 5.94. The van der Waals surface area contributed by atoms with E-state index in [9.17, 15) is 9.59 Å². The van der Waals surface area contributed by atoms with Gasteiger partial charge in [-0.05, 0) is 50.9 Å². The number of aliphatic imine (C=N–C) groups is 1. The number of carbonyl (C=O) groups excluding carboxylic acids is 2. The Balaban J connectivity index is 3.19. The molecule has 16 heavy (non-hydrogen) atoms. The molecule has 6 heteroatoms. The van der Waals surface area contributed by atoms with E-state index in [0.717, 1.165) is 0 Å². The number of benzene rings is 1. The van der Waals surface area contributed by atoms with Gasteiger partial charge in [0.15, 0.2) is 0 Å². The fourth-order valence-electron chi connectivity index (χ4n) is 1.05. The van der Waals surface area contributed by atoms with E-state index in [2.05, 4.69) is 36.9 Å². The van der Waals surface area contributed by atoms with E-state index in [1.54, 1.807) is 19.1 Å². The molecule has 0 fully saturated rings. The van der Waals surface area contributed by atoms with E-state index in [-0.39, 0.29) is 0 Å². The highest BCUT2D eigenvalue weighted by molar-refractivity contribution is 9.11. The average Bonchev–Trinajstić information content (AvgIpc) is 2.23. The Morgan fingerprint density at radius 1 is 1.44 bits per heavy atom. The predicted molar refractivity (Wildman–Crippen MR) is 65.6 cm³/mol. The Morgan fingerprint density at radius 3 is 2.44 bits per heavy atom. The third kappa shape index (κ3) is 3.01. The van der Waals surface area contributed by atoms with Crippen molar-refractivity contribution in [2.24, 2.45) is 4.99 Å². The SMILES string of the molecule is CCOC(=O)c1cc(Br)c(N=C=O)c(Br)c1. The van der Waals surface area contributed by atoms with Gasteiger partial charge in [0.25, 0.3) is 0 Å². The van der Waals surface area contributed by atoms with Gasteiger partial charge in [0.05, 0.1) is 12.2 Å². The monoisotopic (exact) mass is 347 g/mol. The van der Waals surface area contributed by atoms with Crippen molar-refractivity contribution in [2.45, 2.75) is 6.92 Å². The van der Waals surface area contributed by atoms with Gasteiger partial charge in [-0.25, -0.2) is 9.59 Å². The van der Waals surface area contributed by atoms with Crippen LogP contribution in [-0.2, 0) is 9.53 Å². The van der Waals surface area contributed by atoms with E-state index < -0.39 is 5.97 Å². The number of ether oxygens (including phenoxy) is 1. The molecule has 1 aromatic rings. The van der Waals surface area contributed by atoms with Crippen LogP contribution in [0.2, 0.25) is 0 Å². The molecule has 0 radical (unpaired) electrons. The Hall–Kier alpha value is -0.970. The molecule has 0 saturated carbocycles. The summed E-state index contributed by atoms with van der Waals surface area (Å²) in [5.74, 6) is -0.425. The normalized spacial score (nSPS) is 9.44. The maximum absolute atomic E-state index is 11.4. The van der Waals surface area contributed by atoms with Crippen molar-refractivity contribution in [3.05, 3.63) is 26.6 Å². The Morgan fingerprint density at radius 2 is 2.00 bits per heavy atom. The number of esters is 1. The smallest absolute Gasteiger partial charge is 0.338 e. The summed E-state index contributed by atoms with van der Waals surface area (Å²) in [5, 5.41) is 0. The number of carbonyl (C=O) groups is 1. The van der Waals surface area contributed by atoms with Crippen LogP contribution >= 0.6 is 31.9 Å². The molecule has 0 spiro atoms. The second-order valence-electron chi connectivity index (χ2n) is 2.71. The lowest BCUT2D eigenvalue weighted by atomic mass is 10.2. The molecule has 0 bridgehead atoms. The molecule has 0 aliphatic carbocycles. The van der Waals surface area contributed by atoms with Crippen LogP contribution in [0.4, 0.5) is 5.69 Å². The summed E-state index contributed by atoms with van der Waals surface area (Å²) in [4.78, 5) is 25.1. The molecule has 84 valence electrons. The minimum absolute atomic E-state index is 0.308. The third-order valence-electron chi connectivity index (χ3n) is 1.69. The Bertz CT molecular complexity index is 444. The topological polar surface area (TPSA) is 55.7 Å². The highest BCUT2D eigenvalue weighted by Crippen LogP contribution is 2.34. The molecular weight excluding hydrogens is 342 g/mol. The van der Waals surface area contributed by atoms with Crippen LogP contribution in [0.5, 0.6) is 0 Å². The molecule has 0 unspecified atom stereocenters. The molecule has 0 heterocycles. The van der Waals surface area contributed by atoms with Crippen LogP contribution in [0.1, 0.15) is 17.3 Å². The minimum atomic E-state index is -0.425. The molecule has 0 atom stereocenters. The largest absolute Gasteiger partial charge is 0.462 e. The van der Waals surface area contributed by atoms with E-state index in [4.69, 9.17) is 4.74 Å². The lowest BCUT2D eigenvalue weighted by Gasteiger charge is -2.05. The minimum Gasteiger partial charge on any atom is -0.462 e. The van der Waals surface area contributed by atoms with E-state index in [1.165, 1.54) is 6.08 Å². The maximum Gasteiger partial charge on any atom is 0.338 e. The van der Waals surface area contributed by atoms with Crippen LogP contribution < -0.4 is 0 Å². The van der Waals surface area contributed by atoms with Crippen LogP contribution in [-0.4, -0.2) is 18.7 Å². The van der Waals surface area contributed by atoms with Crippen LogP contribution in [0.3, 0.4) is 0 Å². The Labute approximate surface area is 109 Å². The van der Waals surface area contributed by atoms with Crippen molar-refractivity contribution >= 4 is 49.6 Å². The Kier molecular flexibility index (Phi) is 4.86. The molecule has 0 aromatic heterocycles. The van der Waals surface area contributed by atoms with Crippen LogP contribution in [0.15, 0.2) is 26.1 Å². The van der Waals surface area contributed by atoms with Gasteiger partial charge in [-0.1, -0.05) is 0 Å². The van der Waals surface area contributed by atoms with Gasteiger partial charge in [0.2, 0.25) is 6.08 Å². The fourth-order valence-corrected chi connectivity index (χ4v) is 2.41. The first-order valence-corrected chi connectivity index (χ1v) is 5.92. The molecule has 0 saturated heterocycles. The van der Waals surface area contributed by atoms with Gasteiger partial charge in [0.1, 0.15) is 5.69 Å². The number of nitrogens with zero attached hydrogens (tertiary/aromatic N) is 1. The second-order valence-corrected chi connectivity index (χ2v) is 4.42. The summed E-state index contributed by atoms with van der Waals surface area (Å²) in [6, 6.07) is 3.08. The number of halogens is 2. The molecular formula is C10H7Br2NO3. The van der Waals surface area contributed by atoms with E-state index >= 15 is 0 Å². The standard InChI is InChI=1S/C10H7Br2NO3/c1-2-16-10(15)6-3-7(11)9(13-5-14)8(12)4-6/h3-4H,2H2,1H3. The van der Waals surface area contributed by atoms with Crippen molar-refractivity contribution in [1.82, 2.24) is 0 Å². The van der Waals surface area contributed by atoms with Crippen molar-refractivity contribution in [2.75, 3.05) is 6.61 Å². The highest BCUT2D eigenvalue weighted by Gasteiger charge is 2.12. The summed E-state index contributed by atoms with van der Waals surface area (Å²) >= 11 is 6.42. The lowest BCUT2D eigenvalue weighted by molar-refractivity contribution is 0.0526. The summed E-state index contributed by atoms with van der Waals surface area (Å²) in [6.07, 6.45) is 1.44. The van der Waals surface area contributed by atoms with Gasteiger partial charge in [0, 0.05) is 8.95 Å². The molecule has 0 N–H and O–H groups in total. The maximum atomic E-state index is 11.4. The molecule has 1 aromatic carbocycles. The average molecular weight is 349 g/mol. The fraction of sp³-hybridized carbons (Fsp3) is 0.200. The van der Waals surface area contributed by atoms with Crippen molar-refractivity contribution in [3.8, 4) is 0 Å². The zero-order chi connectivity index (χ0) is 12.1. The predicted octanol–water partition coefficient (Wildman–Crippen LogP) is 3.36. The zero-order valence-corrected chi connectivity index (χ0v) is 11.5. The summed E-state index contributed by atoms with van der Waals surface area (Å²) < 4.78 is 5.89. The third-order valence-corrected chi connectivity index (χ3v) is 2.89. The quantitative estimate of drug-likeness (QED) is 0.478. The summed E-state index contributed by atoms with van der Waals surface area (Å²) in [5.41, 5.74) is 0.772. The first-order valence-electron chi connectivity index (χ1n) is 4.34. The molecule has 4 nitrogen and oxygen atoms in total. The van der Waals surface area contributed by atoms with E-state index in [1.807, 2.05) is 0 Å². The molecule has 0 aliphatic rings. The zero-order valence-electron chi connectivity index (χ0n) is 8.29. The number of isocyanates is 1. The molecule has 0 aliphatic heterocycles. The van der Waals surface area contributed by atoms with Crippen LogP contribution in [0.25, 0.3) is 0 Å². The molecule has 0 amide bonds.